The van der Waals surface area contributed by atoms with Crippen molar-refractivity contribution >= 4 is 17.7 Å². The van der Waals surface area contributed by atoms with Crippen LogP contribution in [0, 0.1) is 5.41 Å². The van der Waals surface area contributed by atoms with Crippen LogP contribution in [0.1, 0.15) is 64.9 Å². The van der Waals surface area contributed by atoms with Crippen LogP contribution in [0.15, 0.2) is 52.6 Å². The summed E-state index contributed by atoms with van der Waals surface area (Å²) in [7, 11) is 2.57. The smallest absolute Gasteiger partial charge is 0.323 e. The Labute approximate surface area is 184 Å². The summed E-state index contributed by atoms with van der Waals surface area (Å²) in [6, 6.07) is 10.1. The molecule has 0 spiro atoms. The molecule has 166 valence electrons. The third-order valence-corrected chi connectivity index (χ3v) is 7.01. The number of carbonyl (C=O) groups excluding carboxylic acids is 3. The topological polar surface area (TPSA) is 69.7 Å². The Morgan fingerprint density at radius 3 is 1.97 bits per heavy atom. The number of Topliss-reactive ketones (excluding diaryl/α,β-unsaturated/α-hetero) is 1. The molecule has 1 fully saturated rings. The second-order valence-corrected chi connectivity index (χ2v) is 8.87. The molecule has 0 bridgehead atoms. The van der Waals surface area contributed by atoms with Crippen molar-refractivity contribution in [1.82, 2.24) is 0 Å². The summed E-state index contributed by atoms with van der Waals surface area (Å²) in [4.78, 5) is 39.1. The SMILES string of the molecule is CC/C1=C2\CC(C(=O)OC)(C(=O)OC)C\C2=C(/CC)C(=O)CC(C)(c2ccccc2)C1. The average Bonchev–Trinajstić information content (AvgIpc) is 3.17. The third kappa shape index (κ3) is 3.86. The highest BCUT2D eigenvalue weighted by Gasteiger charge is 2.55. The molecule has 5 heteroatoms. The molecule has 0 saturated heterocycles. The molecule has 1 aromatic carbocycles. The lowest BCUT2D eigenvalue weighted by atomic mass is 9.69. The van der Waals surface area contributed by atoms with Gasteiger partial charge in [-0.25, -0.2) is 0 Å². The maximum Gasteiger partial charge on any atom is 0.323 e. The van der Waals surface area contributed by atoms with Crippen molar-refractivity contribution < 1.29 is 23.9 Å². The number of hydrogen-bond acceptors (Lipinski definition) is 5. The van der Waals surface area contributed by atoms with Crippen molar-refractivity contribution in [2.75, 3.05) is 14.2 Å². The Balaban J connectivity index is 2.24. The van der Waals surface area contributed by atoms with E-state index < -0.39 is 17.4 Å². The maximum absolute atomic E-state index is 13.5. The minimum Gasteiger partial charge on any atom is -0.468 e. The van der Waals surface area contributed by atoms with E-state index in [1.165, 1.54) is 19.8 Å². The number of benzene rings is 1. The first-order chi connectivity index (χ1) is 14.8. The Hall–Kier alpha value is -2.69. The molecule has 1 atom stereocenters. The average molecular weight is 425 g/mol. The maximum atomic E-state index is 13.5. The summed E-state index contributed by atoms with van der Waals surface area (Å²) in [5.41, 5.74) is 3.05. The van der Waals surface area contributed by atoms with Crippen LogP contribution in [0.25, 0.3) is 0 Å². The van der Waals surface area contributed by atoms with E-state index in [4.69, 9.17) is 9.47 Å². The Morgan fingerprint density at radius 1 is 0.871 bits per heavy atom. The lowest BCUT2D eigenvalue weighted by Crippen LogP contribution is -2.39. The van der Waals surface area contributed by atoms with Gasteiger partial charge in [-0.3, -0.25) is 14.4 Å². The first-order valence-corrected chi connectivity index (χ1v) is 10.9. The van der Waals surface area contributed by atoms with Crippen LogP contribution in [0.2, 0.25) is 0 Å². The molecule has 0 aromatic heterocycles. The summed E-state index contributed by atoms with van der Waals surface area (Å²) in [6.45, 7) is 6.19. The highest BCUT2D eigenvalue weighted by molar-refractivity contribution is 6.04. The molecule has 2 aliphatic carbocycles. The highest BCUT2D eigenvalue weighted by atomic mass is 16.5. The summed E-state index contributed by atoms with van der Waals surface area (Å²) >= 11 is 0. The van der Waals surface area contributed by atoms with Gasteiger partial charge in [-0.1, -0.05) is 56.7 Å². The Bertz CT molecular complexity index is 937. The van der Waals surface area contributed by atoms with E-state index in [-0.39, 0.29) is 24.0 Å². The monoisotopic (exact) mass is 424 g/mol. The number of rotatable bonds is 5. The number of methoxy groups -OCH3 is 2. The molecule has 0 aliphatic heterocycles. The predicted octanol–water partition coefficient (Wildman–Crippen LogP) is 4.85. The van der Waals surface area contributed by atoms with Crippen molar-refractivity contribution in [2.24, 2.45) is 5.41 Å². The van der Waals surface area contributed by atoms with E-state index in [1.807, 2.05) is 25.1 Å². The molecule has 0 N–H and O–H groups in total. The van der Waals surface area contributed by atoms with E-state index in [2.05, 4.69) is 26.0 Å². The molecule has 1 unspecified atom stereocenters. The van der Waals surface area contributed by atoms with Gasteiger partial charge in [0.25, 0.3) is 0 Å². The number of ether oxygens (including phenoxy) is 2. The largest absolute Gasteiger partial charge is 0.468 e. The minimum absolute atomic E-state index is 0.0852. The summed E-state index contributed by atoms with van der Waals surface area (Å²) in [5, 5.41) is 0. The van der Waals surface area contributed by atoms with Gasteiger partial charge in [-0.2, -0.15) is 0 Å². The second kappa shape index (κ2) is 8.81. The van der Waals surface area contributed by atoms with Gasteiger partial charge in [0, 0.05) is 18.3 Å². The van der Waals surface area contributed by atoms with Crippen LogP contribution in [0.4, 0.5) is 0 Å². The second-order valence-electron chi connectivity index (χ2n) is 8.87. The van der Waals surface area contributed by atoms with E-state index >= 15 is 0 Å². The van der Waals surface area contributed by atoms with Crippen LogP contribution >= 0.6 is 0 Å². The molecule has 31 heavy (non-hydrogen) atoms. The van der Waals surface area contributed by atoms with Gasteiger partial charge in [-0.15, -0.1) is 0 Å². The fourth-order valence-corrected chi connectivity index (χ4v) is 5.33. The van der Waals surface area contributed by atoms with E-state index in [0.29, 0.717) is 19.3 Å². The number of allylic oxidation sites excluding steroid dienone is 4. The molecule has 2 aliphatic rings. The Kier molecular flexibility index (Phi) is 6.54. The highest BCUT2D eigenvalue weighted by Crippen LogP contribution is 2.53. The van der Waals surface area contributed by atoms with Crippen molar-refractivity contribution in [3.8, 4) is 0 Å². The molecular weight excluding hydrogens is 392 g/mol. The van der Waals surface area contributed by atoms with Crippen LogP contribution in [-0.2, 0) is 29.3 Å². The van der Waals surface area contributed by atoms with Gasteiger partial charge in [-0.05, 0) is 48.0 Å². The van der Waals surface area contributed by atoms with Crippen LogP contribution in [0.3, 0.4) is 0 Å². The molecule has 3 rings (SSSR count). The molecule has 5 nitrogen and oxygen atoms in total. The fraction of sp³-hybridized carbons (Fsp3) is 0.500. The number of esters is 2. The molecule has 0 radical (unpaired) electrons. The lowest BCUT2D eigenvalue weighted by molar-refractivity contribution is -0.168. The zero-order valence-corrected chi connectivity index (χ0v) is 19.2. The molecule has 0 heterocycles. The zero-order valence-electron chi connectivity index (χ0n) is 19.2. The normalized spacial score (nSPS) is 27.8. The van der Waals surface area contributed by atoms with E-state index in [9.17, 15) is 14.4 Å². The zero-order chi connectivity index (χ0) is 22.8. The molecule has 1 aromatic rings. The van der Waals surface area contributed by atoms with Crippen molar-refractivity contribution in [3.05, 3.63) is 58.2 Å². The number of ketones is 1. The van der Waals surface area contributed by atoms with Gasteiger partial charge in [0.1, 0.15) is 0 Å². The van der Waals surface area contributed by atoms with Gasteiger partial charge in [0.15, 0.2) is 11.2 Å². The number of hydrogen-bond donors (Lipinski definition) is 0. The molecular formula is C26H32O5. The van der Waals surface area contributed by atoms with Crippen molar-refractivity contribution in [3.63, 3.8) is 0 Å². The summed E-state index contributed by atoms with van der Waals surface area (Å²) in [6.07, 6.45) is 2.80. The molecule has 1 saturated carbocycles. The first kappa shape index (κ1) is 23.0. The van der Waals surface area contributed by atoms with Crippen LogP contribution in [-0.4, -0.2) is 31.9 Å². The van der Waals surface area contributed by atoms with E-state index in [1.54, 1.807) is 0 Å². The molecule has 0 amide bonds. The van der Waals surface area contributed by atoms with Crippen LogP contribution < -0.4 is 0 Å². The van der Waals surface area contributed by atoms with Crippen molar-refractivity contribution in [1.29, 1.82) is 0 Å². The fourth-order valence-electron chi connectivity index (χ4n) is 5.33. The standard InChI is InChI=1S/C26H32O5/c1-6-17-13-25(3,18-11-9-8-10-12-18)16-22(27)19(7-2)21-15-26(14-20(17)21,23(28)30-4)24(29)31-5/h8-12H,6-7,13-16H2,1-5H3/b20-17-,21-19-. The van der Waals surface area contributed by atoms with E-state index in [0.717, 1.165) is 28.7 Å². The third-order valence-electron chi connectivity index (χ3n) is 7.01. The number of carbonyl (C=O) groups is 3. The lowest BCUT2D eigenvalue weighted by Gasteiger charge is -2.34. The van der Waals surface area contributed by atoms with Crippen LogP contribution in [0.5, 0.6) is 0 Å². The first-order valence-electron chi connectivity index (χ1n) is 10.9. The predicted molar refractivity (Wildman–Crippen MR) is 118 cm³/mol. The summed E-state index contributed by atoms with van der Waals surface area (Å²) < 4.78 is 10.1. The quantitative estimate of drug-likeness (QED) is 0.499. The van der Waals surface area contributed by atoms with Gasteiger partial charge in [0.05, 0.1) is 14.2 Å². The van der Waals surface area contributed by atoms with Gasteiger partial charge < -0.3 is 9.47 Å². The Morgan fingerprint density at radius 2 is 1.45 bits per heavy atom. The summed E-state index contributed by atoms with van der Waals surface area (Å²) in [5.74, 6) is -1.12. The van der Waals surface area contributed by atoms with Gasteiger partial charge in [0.2, 0.25) is 0 Å². The van der Waals surface area contributed by atoms with Crippen molar-refractivity contribution in [2.45, 2.75) is 64.7 Å². The number of fused-ring (bicyclic) bond motifs is 1. The van der Waals surface area contributed by atoms with Gasteiger partial charge >= 0.3 is 11.9 Å². The minimum atomic E-state index is -1.43.